The van der Waals surface area contributed by atoms with E-state index in [0.717, 1.165) is 0 Å². The third-order valence-electron chi connectivity index (χ3n) is 3.29. The zero-order chi connectivity index (χ0) is 13.2. The minimum atomic E-state index is -3.35. The summed E-state index contributed by atoms with van der Waals surface area (Å²) in [6, 6.07) is 3.48. The molecule has 7 heteroatoms. The Bertz CT molecular complexity index is 472. The summed E-state index contributed by atoms with van der Waals surface area (Å²) in [6.07, 6.45) is 0.604. The number of sulfonamides is 1. The summed E-state index contributed by atoms with van der Waals surface area (Å²) in [5.41, 5.74) is 0. The van der Waals surface area contributed by atoms with Gasteiger partial charge in [0.25, 0.3) is 10.0 Å². The monoisotopic (exact) mass is 290 g/mol. The van der Waals surface area contributed by atoms with Gasteiger partial charge in [-0.05, 0) is 24.9 Å². The average molecular weight is 290 g/mol. The number of aliphatic hydroxyl groups excluding tert-OH is 1. The molecular formula is C11H18N2O3S2. The fraction of sp³-hybridized carbons (Fsp3) is 0.636. The smallest absolute Gasteiger partial charge is 0.252 e. The molecule has 0 amide bonds. The number of hydrogen-bond acceptors (Lipinski definition) is 5. The Morgan fingerprint density at radius 2 is 2.28 bits per heavy atom. The van der Waals surface area contributed by atoms with Gasteiger partial charge in [-0.15, -0.1) is 11.3 Å². The fourth-order valence-corrected chi connectivity index (χ4v) is 4.75. The Morgan fingerprint density at radius 1 is 1.50 bits per heavy atom. The van der Waals surface area contributed by atoms with Gasteiger partial charge in [-0.3, -0.25) is 0 Å². The Kier molecular flexibility index (Phi) is 4.39. The van der Waals surface area contributed by atoms with Crippen LogP contribution in [0.4, 0.5) is 0 Å². The van der Waals surface area contributed by atoms with Gasteiger partial charge in [0.1, 0.15) is 4.21 Å². The van der Waals surface area contributed by atoms with Crippen molar-refractivity contribution in [2.45, 2.75) is 16.7 Å². The van der Waals surface area contributed by atoms with Gasteiger partial charge in [-0.1, -0.05) is 6.07 Å². The molecule has 0 radical (unpaired) electrons. The maximum Gasteiger partial charge on any atom is 0.252 e. The summed E-state index contributed by atoms with van der Waals surface area (Å²) in [5.74, 6) is 0. The minimum absolute atomic E-state index is 0.0852. The second-order valence-corrected chi connectivity index (χ2v) is 7.55. The predicted octanol–water partition coefficient (Wildman–Crippen LogP) is 0.435. The summed E-state index contributed by atoms with van der Waals surface area (Å²) in [5, 5.41) is 10.8. The van der Waals surface area contributed by atoms with Crippen molar-refractivity contribution in [3.8, 4) is 0 Å². The highest BCUT2D eigenvalue weighted by molar-refractivity contribution is 7.91. The lowest BCUT2D eigenvalue weighted by Gasteiger charge is -2.38. The molecule has 0 spiro atoms. The van der Waals surface area contributed by atoms with Gasteiger partial charge < -0.3 is 10.0 Å². The van der Waals surface area contributed by atoms with Crippen molar-refractivity contribution in [1.29, 1.82) is 0 Å². The first-order chi connectivity index (χ1) is 8.55. The zero-order valence-corrected chi connectivity index (χ0v) is 12.0. The topological polar surface area (TPSA) is 60.9 Å². The van der Waals surface area contributed by atoms with Crippen LogP contribution in [-0.4, -0.2) is 62.1 Å². The molecule has 0 aliphatic carbocycles. The molecule has 1 unspecified atom stereocenters. The molecule has 1 aromatic rings. The normalized spacial score (nSPS) is 23.3. The van der Waals surface area contributed by atoms with Crippen LogP contribution in [0.2, 0.25) is 0 Å². The van der Waals surface area contributed by atoms with E-state index in [1.54, 1.807) is 17.5 Å². The average Bonchev–Trinajstić information content (AvgIpc) is 2.86. The van der Waals surface area contributed by atoms with E-state index in [9.17, 15) is 8.42 Å². The number of piperazine rings is 1. The van der Waals surface area contributed by atoms with Gasteiger partial charge in [-0.2, -0.15) is 4.31 Å². The molecule has 1 aliphatic rings. The van der Waals surface area contributed by atoms with Crippen LogP contribution >= 0.6 is 11.3 Å². The second-order valence-electron chi connectivity index (χ2n) is 4.44. The third kappa shape index (κ3) is 2.75. The van der Waals surface area contributed by atoms with E-state index in [4.69, 9.17) is 5.11 Å². The molecule has 1 atom stereocenters. The molecule has 2 rings (SSSR count). The highest BCUT2D eigenvalue weighted by Gasteiger charge is 2.32. The quantitative estimate of drug-likeness (QED) is 0.874. The maximum absolute atomic E-state index is 12.4. The Balaban J connectivity index is 2.15. The van der Waals surface area contributed by atoms with Crippen LogP contribution in [0.3, 0.4) is 0 Å². The van der Waals surface area contributed by atoms with E-state index in [1.165, 1.54) is 15.6 Å². The first-order valence-corrected chi connectivity index (χ1v) is 8.22. The van der Waals surface area contributed by atoms with Gasteiger partial charge >= 0.3 is 0 Å². The SMILES string of the molecule is CN1CCN(S(=O)(=O)c2cccs2)CC1CCO. The number of nitrogens with zero attached hydrogens (tertiary/aromatic N) is 2. The van der Waals surface area contributed by atoms with Gasteiger partial charge in [0.05, 0.1) is 0 Å². The van der Waals surface area contributed by atoms with Crippen molar-refractivity contribution >= 4 is 21.4 Å². The molecule has 1 saturated heterocycles. The molecule has 0 saturated carbocycles. The molecule has 0 bridgehead atoms. The molecule has 102 valence electrons. The summed E-state index contributed by atoms with van der Waals surface area (Å²) in [6.45, 7) is 1.76. The first-order valence-electron chi connectivity index (χ1n) is 5.90. The van der Waals surface area contributed by atoms with Crippen LogP contribution < -0.4 is 0 Å². The zero-order valence-electron chi connectivity index (χ0n) is 10.3. The number of likely N-dealkylation sites (N-methyl/N-ethyl adjacent to an activating group) is 1. The van der Waals surface area contributed by atoms with Gasteiger partial charge in [0.15, 0.2) is 0 Å². The molecular weight excluding hydrogens is 272 g/mol. The summed E-state index contributed by atoms with van der Waals surface area (Å²) in [7, 11) is -1.38. The standard InChI is InChI=1S/C11H18N2O3S2/c1-12-5-6-13(9-10(12)4-7-14)18(15,16)11-3-2-8-17-11/h2-3,8,10,14H,4-7,9H2,1H3. The van der Waals surface area contributed by atoms with Crippen LogP contribution in [0.5, 0.6) is 0 Å². The van der Waals surface area contributed by atoms with Gasteiger partial charge in [0.2, 0.25) is 0 Å². The van der Waals surface area contributed by atoms with Crippen LogP contribution in [0.25, 0.3) is 0 Å². The summed E-state index contributed by atoms with van der Waals surface area (Å²) < 4.78 is 26.6. The summed E-state index contributed by atoms with van der Waals surface area (Å²) in [4.78, 5) is 2.11. The van der Waals surface area contributed by atoms with Crippen LogP contribution in [0.1, 0.15) is 6.42 Å². The summed E-state index contributed by atoms with van der Waals surface area (Å²) >= 11 is 1.25. The van der Waals surface area contributed by atoms with E-state index < -0.39 is 10.0 Å². The van der Waals surface area contributed by atoms with E-state index >= 15 is 0 Å². The van der Waals surface area contributed by atoms with Crippen molar-refractivity contribution in [2.24, 2.45) is 0 Å². The Hall–Kier alpha value is -0.470. The van der Waals surface area contributed by atoms with E-state index in [1.807, 2.05) is 7.05 Å². The third-order valence-corrected chi connectivity index (χ3v) is 6.53. The van der Waals surface area contributed by atoms with E-state index in [-0.39, 0.29) is 12.6 Å². The molecule has 1 aromatic heterocycles. The number of aliphatic hydroxyl groups is 1. The highest BCUT2D eigenvalue weighted by Crippen LogP contribution is 2.23. The van der Waals surface area contributed by atoms with Crippen molar-refractivity contribution in [3.05, 3.63) is 17.5 Å². The van der Waals surface area contributed by atoms with Crippen molar-refractivity contribution in [1.82, 2.24) is 9.21 Å². The molecule has 1 aliphatic heterocycles. The number of rotatable bonds is 4. The molecule has 1 N–H and O–H groups in total. The second kappa shape index (κ2) is 5.66. The molecule has 1 fully saturated rings. The van der Waals surface area contributed by atoms with Crippen molar-refractivity contribution in [2.75, 3.05) is 33.3 Å². The van der Waals surface area contributed by atoms with Crippen molar-refractivity contribution < 1.29 is 13.5 Å². The molecule has 0 aromatic carbocycles. The Labute approximate surface area is 112 Å². The van der Waals surface area contributed by atoms with Crippen LogP contribution in [-0.2, 0) is 10.0 Å². The van der Waals surface area contributed by atoms with Gasteiger partial charge in [0, 0.05) is 32.3 Å². The number of hydrogen-bond donors (Lipinski definition) is 1. The molecule has 18 heavy (non-hydrogen) atoms. The fourth-order valence-electron chi connectivity index (χ4n) is 2.13. The largest absolute Gasteiger partial charge is 0.396 e. The predicted molar refractivity (Wildman–Crippen MR) is 71.2 cm³/mol. The minimum Gasteiger partial charge on any atom is -0.396 e. The van der Waals surface area contributed by atoms with Crippen LogP contribution in [0, 0.1) is 0 Å². The first kappa shape index (κ1) is 14.0. The lowest BCUT2D eigenvalue weighted by atomic mass is 10.1. The lowest BCUT2D eigenvalue weighted by molar-refractivity contribution is 0.120. The Morgan fingerprint density at radius 3 is 2.89 bits per heavy atom. The molecule has 5 nitrogen and oxygen atoms in total. The van der Waals surface area contributed by atoms with E-state index in [0.29, 0.717) is 30.3 Å². The maximum atomic E-state index is 12.4. The molecule has 2 heterocycles. The number of thiophene rings is 1. The lowest BCUT2D eigenvalue weighted by Crippen LogP contribution is -2.53. The van der Waals surface area contributed by atoms with Crippen LogP contribution in [0.15, 0.2) is 21.7 Å². The van der Waals surface area contributed by atoms with E-state index in [2.05, 4.69) is 4.90 Å². The van der Waals surface area contributed by atoms with Crippen molar-refractivity contribution in [3.63, 3.8) is 0 Å². The highest BCUT2D eigenvalue weighted by atomic mass is 32.2. The van der Waals surface area contributed by atoms with Gasteiger partial charge in [-0.25, -0.2) is 8.42 Å².